The maximum atomic E-state index is 5.72. The summed E-state index contributed by atoms with van der Waals surface area (Å²) in [7, 11) is 0.111. The van der Waals surface area contributed by atoms with Crippen molar-refractivity contribution >= 4 is 17.6 Å². The molecular formula is C17H42O6Si2. The Bertz CT molecular complexity index is 291. The Morgan fingerprint density at radius 2 is 1.04 bits per heavy atom. The monoisotopic (exact) mass is 398 g/mol. The molecule has 0 bridgehead atoms. The molecule has 0 aromatic rings. The van der Waals surface area contributed by atoms with Gasteiger partial charge in [0.25, 0.3) is 0 Å². The minimum Gasteiger partial charge on any atom is -0.377 e. The van der Waals surface area contributed by atoms with Crippen LogP contribution < -0.4 is 0 Å². The Kier molecular flexibility index (Phi) is 14.7. The predicted molar refractivity (Wildman–Crippen MR) is 107 cm³/mol. The van der Waals surface area contributed by atoms with Gasteiger partial charge in [-0.1, -0.05) is 34.6 Å². The highest BCUT2D eigenvalue weighted by Crippen LogP contribution is 2.36. The Labute approximate surface area is 158 Å². The van der Waals surface area contributed by atoms with Crippen LogP contribution in [-0.2, 0) is 26.6 Å². The summed E-state index contributed by atoms with van der Waals surface area (Å²) in [6.45, 7) is 18.4. The molecule has 0 aromatic carbocycles. The Balaban J connectivity index is 0. The molecule has 0 rings (SSSR count). The van der Waals surface area contributed by atoms with E-state index in [1.807, 2.05) is 20.8 Å². The molecule has 0 amide bonds. The third-order valence-electron chi connectivity index (χ3n) is 3.48. The van der Waals surface area contributed by atoms with Gasteiger partial charge in [-0.2, -0.15) is 0 Å². The molecule has 0 aliphatic heterocycles. The molecule has 0 aliphatic rings. The second kappa shape index (κ2) is 13.4. The average molecular weight is 399 g/mol. The third-order valence-corrected chi connectivity index (χ3v) is 10.4. The fraction of sp³-hybridized carbons (Fsp3) is 1.00. The largest absolute Gasteiger partial charge is 0.505 e. The van der Waals surface area contributed by atoms with Crippen molar-refractivity contribution in [2.45, 2.75) is 66.5 Å². The molecule has 8 heteroatoms. The maximum absolute atomic E-state index is 5.72. The molecule has 0 unspecified atom stereocenters. The van der Waals surface area contributed by atoms with Crippen LogP contribution in [0.1, 0.15) is 55.4 Å². The second-order valence-electron chi connectivity index (χ2n) is 7.00. The smallest absolute Gasteiger partial charge is 0.377 e. The van der Waals surface area contributed by atoms with Crippen LogP contribution in [0.15, 0.2) is 0 Å². The lowest BCUT2D eigenvalue weighted by atomic mass is 10.3. The molecular weight excluding hydrogens is 356 g/mol. The lowest BCUT2D eigenvalue weighted by Crippen LogP contribution is -2.51. The van der Waals surface area contributed by atoms with E-state index in [1.54, 1.807) is 21.3 Å². The van der Waals surface area contributed by atoms with Crippen molar-refractivity contribution in [2.24, 2.45) is 5.92 Å². The second-order valence-corrected chi connectivity index (χ2v) is 13.5. The van der Waals surface area contributed by atoms with Crippen LogP contribution in [0.2, 0.25) is 11.1 Å². The summed E-state index contributed by atoms with van der Waals surface area (Å²) in [6.07, 6.45) is 0. The van der Waals surface area contributed by atoms with Crippen LogP contribution in [0.3, 0.4) is 0 Å². The Hall–Kier alpha value is 0.194. The van der Waals surface area contributed by atoms with Crippen molar-refractivity contribution in [1.29, 1.82) is 0 Å². The summed E-state index contributed by atoms with van der Waals surface area (Å²) in [5.41, 5.74) is 0. The summed E-state index contributed by atoms with van der Waals surface area (Å²) < 4.78 is 33.0. The normalized spacial score (nSPS) is 13.0. The van der Waals surface area contributed by atoms with E-state index < -0.39 is 17.6 Å². The zero-order valence-corrected chi connectivity index (χ0v) is 20.4. The highest BCUT2D eigenvalue weighted by Gasteiger charge is 2.50. The van der Waals surface area contributed by atoms with Gasteiger partial charge in [-0.15, -0.1) is 0 Å². The highest BCUT2D eigenvalue weighted by atomic mass is 28.4. The summed E-state index contributed by atoms with van der Waals surface area (Å²) in [6, 6.07) is 0.905. The van der Waals surface area contributed by atoms with Gasteiger partial charge < -0.3 is 26.6 Å². The molecule has 0 N–H and O–H groups in total. The van der Waals surface area contributed by atoms with Gasteiger partial charge in [0.05, 0.1) is 0 Å². The zero-order valence-electron chi connectivity index (χ0n) is 18.4. The minimum atomic E-state index is -2.42. The van der Waals surface area contributed by atoms with E-state index >= 15 is 0 Å². The van der Waals surface area contributed by atoms with Gasteiger partial charge >= 0.3 is 17.6 Å². The molecule has 0 spiro atoms. The average Bonchev–Trinajstić information content (AvgIpc) is 2.49. The maximum Gasteiger partial charge on any atom is 0.505 e. The Morgan fingerprint density at radius 3 is 1.16 bits per heavy atom. The summed E-state index contributed by atoms with van der Waals surface area (Å²) >= 11 is 0. The van der Waals surface area contributed by atoms with E-state index in [-0.39, 0.29) is 5.04 Å². The first kappa shape index (κ1) is 27.4. The number of rotatable bonds is 11. The predicted octanol–water partition coefficient (Wildman–Crippen LogP) is 4.36. The van der Waals surface area contributed by atoms with E-state index in [0.29, 0.717) is 25.7 Å². The standard InChI is InChI=1S/C10H24O3Si.C7H18O3Si/c1-6-11-14(12-7-2,13-8-3)9-10(4)5;1-7(2,3)11(8-4,9-5)10-6/h10H,6-9H2,1-5H3;1-6H3. The number of hydrogen-bond donors (Lipinski definition) is 0. The summed E-state index contributed by atoms with van der Waals surface area (Å²) in [5.74, 6) is 0.548. The van der Waals surface area contributed by atoms with Crippen molar-refractivity contribution in [3.63, 3.8) is 0 Å². The molecule has 154 valence electrons. The highest BCUT2D eigenvalue weighted by molar-refractivity contribution is 6.63. The van der Waals surface area contributed by atoms with Crippen LogP contribution in [-0.4, -0.2) is 58.8 Å². The van der Waals surface area contributed by atoms with Crippen LogP contribution >= 0.6 is 0 Å². The van der Waals surface area contributed by atoms with Gasteiger partial charge in [0.1, 0.15) is 0 Å². The van der Waals surface area contributed by atoms with E-state index in [4.69, 9.17) is 26.6 Å². The fourth-order valence-corrected chi connectivity index (χ4v) is 7.89. The van der Waals surface area contributed by atoms with Gasteiger partial charge in [-0.05, 0) is 26.7 Å². The first-order chi connectivity index (χ1) is 11.5. The molecule has 0 saturated heterocycles. The summed E-state index contributed by atoms with van der Waals surface area (Å²) in [4.78, 5) is 0. The van der Waals surface area contributed by atoms with E-state index in [0.717, 1.165) is 6.04 Å². The minimum absolute atomic E-state index is 0.0642. The lowest BCUT2D eigenvalue weighted by Gasteiger charge is -2.35. The van der Waals surface area contributed by atoms with Gasteiger partial charge in [-0.25, -0.2) is 0 Å². The fourth-order valence-electron chi connectivity index (χ4n) is 2.63. The quantitative estimate of drug-likeness (QED) is 0.482. The Morgan fingerprint density at radius 1 is 0.720 bits per heavy atom. The number of hydrogen-bond acceptors (Lipinski definition) is 6. The molecule has 6 nitrogen and oxygen atoms in total. The molecule has 0 saturated carbocycles. The van der Waals surface area contributed by atoms with Crippen molar-refractivity contribution in [3.05, 3.63) is 0 Å². The van der Waals surface area contributed by atoms with Crippen molar-refractivity contribution in [2.75, 3.05) is 41.2 Å². The first-order valence-corrected chi connectivity index (χ1v) is 12.8. The molecule has 0 aromatic heterocycles. The van der Waals surface area contributed by atoms with Crippen molar-refractivity contribution in [1.82, 2.24) is 0 Å². The van der Waals surface area contributed by atoms with E-state index in [9.17, 15) is 0 Å². The van der Waals surface area contributed by atoms with Crippen molar-refractivity contribution in [3.8, 4) is 0 Å². The molecule has 0 radical (unpaired) electrons. The van der Waals surface area contributed by atoms with Crippen molar-refractivity contribution < 1.29 is 26.6 Å². The molecule has 25 heavy (non-hydrogen) atoms. The molecule has 0 fully saturated rings. The lowest BCUT2D eigenvalue weighted by molar-refractivity contribution is 0.0683. The first-order valence-electron chi connectivity index (χ1n) is 9.10. The van der Waals surface area contributed by atoms with Crippen LogP contribution in [0.5, 0.6) is 0 Å². The van der Waals surface area contributed by atoms with Gasteiger partial charge in [0, 0.05) is 52.2 Å². The topological polar surface area (TPSA) is 55.4 Å². The van der Waals surface area contributed by atoms with Gasteiger partial charge in [0.2, 0.25) is 0 Å². The molecule has 0 aliphatic carbocycles. The zero-order chi connectivity index (χ0) is 20.1. The summed E-state index contributed by atoms with van der Waals surface area (Å²) in [5, 5.41) is -0.0642. The third kappa shape index (κ3) is 9.62. The van der Waals surface area contributed by atoms with Gasteiger partial charge in [0.15, 0.2) is 0 Å². The van der Waals surface area contributed by atoms with E-state index in [2.05, 4.69) is 34.6 Å². The molecule has 0 atom stereocenters. The molecule has 0 heterocycles. The SMILES string of the molecule is CCO[Si](CC(C)C)(OCC)OCC.CO[Si](OC)(OC)C(C)(C)C. The van der Waals surface area contributed by atoms with E-state index in [1.165, 1.54) is 0 Å². The van der Waals surface area contributed by atoms with Crippen LogP contribution in [0.25, 0.3) is 0 Å². The van der Waals surface area contributed by atoms with Crippen LogP contribution in [0, 0.1) is 5.92 Å². The van der Waals surface area contributed by atoms with Gasteiger partial charge in [-0.3, -0.25) is 0 Å². The van der Waals surface area contributed by atoms with Crippen LogP contribution in [0.4, 0.5) is 0 Å².